The number of nitrogens with zero attached hydrogens (tertiary/aromatic N) is 2. The highest BCUT2D eigenvalue weighted by atomic mass is 79.9. The molecule has 1 unspecified atom stereocenters. The molecule has 1 atom stereocenters. The molecule has 1 heterocycles. The van der Waals surface area contributed by atoms with Crippen molar-refractivity contribution in [1.29, 1.82) is 0 Å². The first kappa shape index (κ1) is 14.0. The number of hydrogen-bond acceptors (Lipinski definition) is 5. The monoisotopic (exact) mass is 343 g/mol. The van der Waals surface area contributed by atoms with Crippen LogP contribution in [0, 0.1) is 0 Å². The molecule has 1 aromatic heterocycles. The Kier molecular flexibility index (Phi) is 5.17. The van der Waals surface area contributed by atoms with Crippen LogP contribution in [0.1, 0.15) is 25.5 Å². The highest BCUT2D eigenvalue weighted by Gasteiger charge is 2.12. The van der Waals surface area contributed by atoms with E-state index in [2.05, 4.69) is 62.7 Å². The van der Waals surface area contributed by atoms with Gasteiger partial charge in [-0.2, -0.15) is 4.37 Å². The van der Waals surface area contributed by atoms with Gasteiger partial charge in [0.05, 0.1) is 0 Å². The predicted molar refractivity (Wildman–Crippen MR) is 80.3 cm³/mol. The second-order valence-electron chi connectivity index (χ2n) is 3.77. The second kappa shape index (κ2) is 6.65. The number of benzene rings is 1. The van der Waals surface area contributed by atoms with Gasteiger partial charge in [-0.15, -0.1) is 0 Å². The lowest BCUT2D eigenvalue weighted by molar-refractivity contribution is 0.589. The van der Waals surface area contributed by atoms with Crippen molar-refractivity contribution in [3.63, 3.8) is 0 Å². The number of rotatable bonds is 5. The SMILES string of the molecule is CCNC(C)c1ccc(Br)cc1Sc1ncns1. The lowest BCUT2D eigenvalue weighted by Crippen LogP contribution is -2.18. The molecule has 0 saturated carbocycles. The summed E-state index contributed by atoms with van der Waals surface area (Å²) in [5.74, 6) is 0. The third kappa shape index (κ3) is 3.54. The van der Waals surface area contributed by atoms with Crippen molar-refractivity contribution in [3.8, 4) is 0 Å². The third-order valence-corrected chi connectivity index (χ3v) is 4.77. The van der Waals surface area contributed by atoms with E-state index in [1.165, 1.54) is 22.0 Å². The molecule has 0 saturated heterocycles. The summed E-state index contributed by atoms with van der Waals surface area (Å²) in [6.07, 6.45) is 1.60. The van der Waals surface area contributed by atoms with Crippen LogP contribution in [0.2, 0.25) is 0 Å². The van der Waals surface area contributed by atoms with Crippen LogP contribution in [0.5, 0.6) is 0 Å². The molecular weight excluding hydrogens is 330 g/mol. The Morgan fingerprint density at radius 2 is 2.33 bits per heavy atom. The van der Waals surface area contributed by atoms with Crippen LogP contribution in [0.25, 0.3) is 0 Å². The summed E-state index contributed by atoms with van der Waals surface area (Å²) in [6.45, 7) is 5.25. The highest BCUT2D eigenvalue weighted by Crippen LogP contribution is 2.35. The van der Waals surface area contributed by atoms with Crippen molar-refractivity contribution in [1.82, 2.24) is 14.7 Å². The van der Waals surface area contributed by atoms with E-state index in [-0.39, 0.29) is 0 Å². The molecule has 0 spiro atoms. The van der Waals surface area contributed by atoms with E-state index in [0.29, 0.717) is 6.04 Å². The zero-order chi connectivity index (χ0) is 13.0. The van der Waals surface area contributed by atoms with Crippen molar-refractivity contribution in [3.05, 3.63) is 34.6 Å². The lowest BCUT2D eigenvalue weighted by atomic mass is 10.1. The number of nitrogens with one attached hydrogen (secondary N) is 1. The van der Waals surface area contributed by atoms with Gasteiger partial charge in [-0.3, -0.25) is 0 Å². The molecule has 18 heavy (non-hydrogen) atoms. The van der Waals surface area contributed by atoms with Crippen LogP contribution >= 0.6 is 39.2 Å². The van der Waals surface area contributed by atoms with E-state index in [1.54, 1.807) is 18.1 Å². The average molecular weight is 344 g/mol. The highest BCUT2D eigenvalue weighted by molar-refractivity contribution is 9.10. The molecular formula is C12H14BrN3S2. The predicted octanol–water partition coefficient (Wildman–Crippen LogP) is 4.12. The molecule has 0 fully saturated rings. The fourth-order valence-corrected chi connectivity index (χ4v) is 3.85. The van der Waals surface area contributed by atoms with Crippen molar-refractivity contribution in [2.75, 3.05) is 6.54 Å². The summed E-state index contributed by atoms with van der Waals surface area (Å²) in [6, 6.07) is 6.70. The van der Waals surface area contributed by atoms with Gasteiger partial charge in [-0.05, 0) is 42.7 Å². The maximum absolute atomic E-state index is 4.22. The standard InChI is InChI=1S/C12H14BrN3S2/c1-3-14-8(2)10-5-4-9(13)6-11(10)17-12-15-7-16-18-12/h4-8,14H,3H2,1-2H3. The van der Waals surface area contributed by atoms with Crippen LogP contribution in [-0.2, 0) is 0 Å². The maximum atomic E-state index is 4.22. The van der Waals surface area contributed by atoms with Crippen LogP contribution in [-0.4, -0.2) is 15.9 Å². The topological polar surface area (TPSA) is 37.8 Å². The van der Waals surface area contributed by atoms with Gasteiger partial charge >= 0.3 is 0 Å². The van der Waals surface area contributed by atoms with Gasteiger partial charge in [0.2, 0.25) is 0 Å². The van der Waals surface area contributed by atoms with E-state index < -0.39 is 0 Å². The Balaban J connectivity index is 2.28. The number of aromatic nitrogens is 2. The molecule has 1 aromatic carbocycles. The van der Waals surface area contributed by atoms with Gasteiger partial charge in [-0.1, -0.05) is 40.7 Å². The molecule has 1 N–H and O–H groups in total. The zero-order valence-electron chi connectivity index (χ0n) is 10.2. The molecule has 3 nitrogen and oxygen atoms in total. The van der Waals surface area contributed by atoms with Crippen molar-refractivity contribution in [2.45, 2.75) is 29.1 Å². The minimum absolute atomic E-state index is 0.332. The van der Waals surface area contributed by atoms with Crippen LogP contribution in [0.15, 0.2) is 38.2 Å². The van der Waals surface area contributed by atoms with E-state index in [1.807, 2.05) is 0 Å². The molecule has 0 aliphatic heterocycles. The van der Waals surface area contributed by atoms with Gasteiger partial charge < -0.3 is 5.32 Å². The van der Waals surface area contributed by atoms with Crippen molar-refractivity contribution in [2.24, 2.45) is 0 Å². The summed E-state index contributed by atoms with van der Waals surface area (Å²) < 4.78 is 6.09. The molecule has 2 aromatic rings. The minimum Gasteiger partial charge on any atom is -0.310 e. The molecule has 0 aliphatic carbocycles. The average Bonchev–Trinajstić information content (AvgIpc) is 2.82. The molecule has 2 rings (SSSR count). The Hall–Kier alpha value is -0.430. The molecule has 0 radical (unpaired) electrons. The van der Waals surface area contributed by atoms with Gasteiger partial charge in [0.25, 0.3) is 0 Å². The van der Waals surface area contributed by atoms with Gasteiger partial charge in [-0.25, -0.2) is 4.98 Å². The first-order valence-corrected chi connectivity index (χ1v) is 8.06. The molecule has 6 heteroatoms. The van der Waals surface area contributed by atoms with E-state index >= 15 is 0 Å². The normalized spacial score (nSPS) is 12.6. The van der Waals surface area contributed by atoms with E-state index in [4.69, 9.17) is 0 Å². The molecule has 0 bridgehead atoms. The molecule has 0 aliphatic rings. The van der Waals surface area contributed by atoms with Gasteiger partial charge in [0, 0.05) is 15.4 Å². The Bertz CT molecular complexity index is 502. The summed E-state index contributed by atoms with van der Waals surface area (Å²) in [5, 5.41) is 3.44. The lowest BCUT2D eigenvalue weighted by Gasteiger charge is -2.16. The summed E-state index contributed by atoms with van der Waals surface area (Å²) >= 11 is 6.61. The largest absolute Gasteiger partial charge is 0.310 e. The van der Waals surface area contributed by atoms with Crippen LogP contribution < -0.4 is 5.32 Å². The first-order chi connectivity index (χ1) is 8.70. The second-order valence-corrected chi connectivity index (χ2v) is 6.76. The fourth-order valence-electron chi connectivity index (χ4n) is 1.67. The van der Waals surface area contributed by atoms with Gasteiger partial charge in [0.15, 0.2) is 4.34 Å². The molecule has 96 valence electrons. The Morgan fingerprint density at radius 1 is 1.50 bits per heavy atom. The Morgan fingerprint density at radius 3 is 3.00 bits per heavy atom. The fraction of sp³-hybridized carbons (Fsp3) is 0.333. The van der Waals surface area contributed by atoms with E-state index in [9.17, 15) is 0 Å². The van der Waals surface area contributed by atoms with Crippen LogP contribution in [0.3, 0.4) is 0 Å². The summed E-state index contributed by atoms with van der Waals surface area (Å²) in [4.78, 5) is 5.44. The third-order valence-electron chi connectivity index (χ3n) is 2.49. The summed E-state index contributed by atoms with van der Waals surface area (Å²) in [7, 11) is 0. The Labute approximate surface area is 124 Å². The maximum Gasteiger partial charge on any atom is 0.174 e. The van der Waals surface area contributed by atoms with Crippen molar-refractivity contribution < 1.29 is 0 Å². The molecule has 0 amide bonds. The number of halogens is 1. The van der Waals surface area contributed by atoms with E-state index in [0.717, 1.165) is 15.4 Å². The summed E-state index contributed by atoms with van der Waals surface area (Å²) in [5.41, 5.74) is 1.29. The minimum atomic E-state index is 0.332. The van der Waals surface area contributed by atoms with Crippen molar-refractivity contribution >= 4 is 39.2 Å². The first-order valence-electron chi connectivity index (χ1n) is 5.68. The van der Waals surface area contributed by atoms with Crippen LogP contribution in [0.4, 0.5) is 0 Å². The smallest absolute Gasteiger partial charge is 0.174 e. The zero-order valence-corrected chi connectivity index (χ0v) is 13.4. The number of hydrogen-bond donors (Lipinski definition) is 1. The van der Waals surface area contributed by atoms with Gasteiger partial charge in [0.1, 0.15) is 6.33 Å². The quantitative estimate of drug-likeness (QED) is 0.885.